The molecule has 2 aliphatic rings. The van der Waals surface area contributed by atoms with Crippen molar-refractivity contribution in [1.82, 2.24) is 0 Å². The van der Waals surface area contributed by atoms with Crippen LogP contribution >= 0.6 is 0 Å². The largest absolute Gasteiger partial charge is 0.478 e. The van der Waals surface area contributed by atoms with Gasteiger partial charge in [-0.1, -0.05) is 0 Å². The van der Waals surface area contributed by atoms with E-state index in [1.54, 1.807) is 0 Å². The number of carboxylic acids is 1. The molecule has 1 fully saturated rings. The molecular formula is C11H14O7. The summed E-state index contributed by atoms with van der Waals surface area (Å²) < 4.78 is 10.0. The Labute approximate surface area is 103 Å². The van der Waals surface area contributed by atoms with Crippen LogP contribution in [-0.4, -0.2) is 52.2 Å². The molecule has 0 spiro atoms. The third-order valence-electron chi connectivity index (χ3n) is 3.60. The van der Waals surface area contributed by atoms with Crippen LogP contribution < -0.4 is 0 Å². The molecule has 0 aromatic carbocycles. The van der Waals surface area contributed by atoms with Crippen molar-refractivity contribution >= 4 is 11.8 Å². The van der Waals surface area contributed by atoms with Gasteiger partial charge in [-0.25, -0.2) is 4.79 Å². The lowest BCUT2D eigenvalue weighted by molar-refractivity contribution is -0.183. The molecule has 7 heteroatoms. The van der Waals surface area contributed by atoms with Crippen LogP contribution in [0.1, 0.15) is 6.92 Å². The fourth-order valence-corrected chi connectivity index (χ4v) is 2.67. The molecule has 18 heavy (non-hydrogen) atoms. The third kappa shape index (κ3) is 1.55. The van der Waals surface area contributed by atoms with Gasteiger partial charge in [0.2, 0.25) is 6.29 Å². The van der Waals surface area contributed by atoms with Crippen LogP contribution in [0.25, 0.3) is 0 Å². The molecule has 1 unspecified atom stereocenters. The first kappa shape index (κ1) is 13.0. The number of aliphatic hydroxyl groups excluding tert-OH is 1. The van der Waals surface area contributed by atoms with E-state index in [0.717, 1.165) is 6.26 Å². The lowest BCUT2D eigenvalue weighted by atomic mass is 9.81. The number of aliphatic hydroxyl groups is 2. The summed E-state index contributed by atoms with van der Waals surface area (Å²) in [4.78, 5) is 22.9. The highest BCUT2D eigenvalue weighted by molar-refractivity contribution is 5.97. The van der Waals surface area contributed by atoms with Crippen molar-refractivity contribution < 1.29 is 34.4 Å². The maximum Gasteiger partial charge on any atom is 0.335 e. The quantitative estimate of drug-likeness (QED) is 0.575. The first-order valence-corrected chi connectivity index (χ1v) is 5.38. The Morgan fingerprint density at radius 2 is 2.17 bits per heavy atom. The van der Waals surface area contributed by atoms with Gasteiger partial charge in [0.1, 0.15) is 11.7 Å². The first-order valence-electron chi connectivity index (χ1n) is 5.38. The Morgan fingerprint density at radius 3 is 2.67 bits per heavy atom. The minimum atomic E-state index is -1.89. The third-order valence-corrected chi connectivity index (χ3v) is 3.60. The highest BCUT2D eigenvalue weighted by Gasteiger charge is 2.63. The van der Waals surface area contributed by atoms with Gasteiger partial charge in [0.05, 0.1) is 17.8 Å². The van der Waals surface area contributed by atoms with Crippen molar-refractivity contribution in [3.63, 3.8) is 0 Å². The van der Waals surface area contributed by atoms with E-state index in [4.69, 9.17) is 14.6 Å². The van der Waals surface area contributed by atoms with Crippen molar-refractivity contribution in [2.24, 2.45) is 11.8 Å². The normalized spacial score (nSPS) is 43.1. The van der Waals surface area contributed by atoms with Crippen molar-refractivity contribution in [3.8, 4) is 0 Å². The Morgan fingerprint density at radius 1 is 1.56 bits per heavy atom. The summed E-state index contributed by atoms with van der Waals surface area (Å²) in [6.45, 7) is 1.23. The Bertz CT molecular complexity index is 425. The zero-order valence-electron chi connectivity index (χ0n) is 9.86. The summed E-state index contributed by atoms with van der Waals surface area (Å²) in [6, 6.07) is 0. The number of carbonyl (C=O) groups excluding carboxylic acids is 1. The highest BCUT2D eigenvalue weighted by Crippen LogP contribution is 2.47. The molecule has 100 valence electrons. The minimum absolute atomic E-state index is 0.244. The standard InChI is InChI=1S/C11H14O7/c1-11(16)6-5(7(12)8(11)13)4(9(14)15)3-18-10(6)17-2/h3,5-7,10,12,16H,1-2H3,(H,14,15)/t5-,6-,7+,10?,11-/m1/s1. The Hall–Kier alpha value is -1.44. The molecule has 0 amide bonds. The van der Waals surface area contributed by atoms with E-state index >= 15 is 0 Å². The van der Waals surface area contributed by atoms with Crippen LogP contribution in [0.15, 0.2) is 11.8 Å². The molecule has 0 aromatic rings. The number of rotatable bonds is 2. The van der Waals surface area contributed by atoms with E-state index in [1.807, 2.05) is 0 Å². The number of carboxylic acid groups (broad SMARTS) is 1. The summed E-state index contributed by atoms with van der Waals surface area (Å²) in [5.74, 6) is -4.12. The number of hydrogen-bond acceptors (Lipinski definition) is 6. The van der Waals surface area contributed by atoms with Gasteiger partial charge < -0.3 is 24.8 Å². The van der Waals surface area contributed by atoms with Gasteiger partial charge in [0.15, 0.2) is 5.78 Å². The maximum absolute atomic E-state index is 11.8. The molecule has 1 saturated carbocycles. The van der Waals surface area contributed by atoms with E-state index in [9.17, 15) is 19.8 Å². The molecule has 3 N–H and O–H groups in total. The molecule has 1 aliphatic heterocycles. The molecular weight excluding hydrogens is 244 g/mol. The SMILES string of the molecule is COC1OC=C(C(=O)O)[C@H]2[C@H](O)C(=O)[C@](C)(O)[C@@H]12. The lowest BCUT2D eigenvalue weighted by Crippen LogP contribution is -2.47. The van der Waals surface area contributed by atoms with E-state index in [0.29, 0.717) is 0 Å². The van der Waals surface area contributed by atoms with Crippen LogP contribution in [0.2, 0.25) is 0 Å². The molecule has 7 nitrogen and oxygen atoms in total. The molecule has 1 heterocycles. The van der Waals surface area contributed by atoms with Gasteiger partial charge >= 0.3 is 5.97 Å². The van der Waals surface area contributed by atoms with E-state index < -0.39 is 41.6 Å². The lowest BCUT2D eigenvalue weighted by Gasteiger charge is -2.36. The van der Waals surface area contributed by atoms with Crippen molar-refractivity contribution in [2.75, 3.05) is 7.11 Å². The molecule has 0 bridgehead atoms. The summed E-state index contributed by atoms with van der Waals surface area (Å²) in [5.41, 5.74) is -2.13. The van der Waals surface area contributed by atoms with Crippen LogP contribution in [0, 0.1) is 11.8 Å². The summed E-state index contributed by atoms with van der Waals surface area (Å²) in [6.07, 6.45) is -1.60. The predicted molar refractivity (Wildman–Crippen MR) is 56.2 cm³/mol. The van der Waals surface area contributed by atoms with Gasteiger partial charge in [-0.2, -0.15) is 0 Å². The smallest absolute Gasteiger partial charge is 0.335 e. The van der Waals surface area contributed by atoms with Gasteiger partial charge in [0, 0.05) is 13.0 Å². The second-order valence-electron chi connectivity index (χ2n) is 4.63. The molecule has 0 radical (unpaired) electrons. The van der Waals surface area contributed by atoms with E-state index in [1.165, 1.54) is 14.0 Å². The van der Waals surface area contributed by atoms with Crippen LogP contribution in [0.3, 0.4) is 0 Å². The van der Waals surface area contributed by atoms with Crippen molar-refractivity contribution in [3.05, 3.63) is 11.8 Å². The number of ether oxygens (including phenoxy) is 2. The first-order chi connectivity index (χ1) is 8.32. The summed E-state index contributed by atoms with van der Waals surface area (Å²) in [7, 11) is 1.31. The monoisotopic (exact) mass is 258 g/mol. The summed E-state index contributed by atoms with van der Waals surface area (Å²) >= 11 is 0. The fourth-order valence-electron chi connectivity index (χ4n) is 2.67. The molecule has 0 saturated heterocycles. The van der Waals surface area contributed by atoms with Crippen molar-refractivity contribution in [1.29, 1.82) is 0 Å². The minimum Gasteiger partial charge on any atom is -0.478 e. The number of aliphatic carboxylic acids is 1. The molecule has 2 rings (SSSR count). The maximum atomic E-state index is 11.8. The second-order valence-corrected chi connectivity index (χ2v) is 4.63. The number of fused-ring (bicyclic) bond motifs is 1. The van der Waals surface area contributed by atoms with Crippen molar-refractivity contribution in [2.45, 2.75) is 24.9 Å². The zero-order chi connectivity index (χ0) is 13.7. The highest BCUT2D eigenvalue weighted by atomic mass is 16.7. The molecule has 1 aliphatic carbocycles. The van der Waals surface area contributed by atoms with Gasteiger partial charge in [-0.3, -0.25) is 4.79 Å². The predicted octanol–water partition coefficient (Wildman–Crippen LogP) is -1.12. The Kier molecular flexibility index (Phi) is 2.92. The van der Waals surface area contributed by atoms with Crippen LogP contribution in [0.4, 0.5) is 0 Å². The number of Topliss-reactive ketones (excluding diaryl/α,β-unsaturated/α-hetero) is 1. The van der Waals surface area contributed by atoms with Crippen LogP contribution in [0.5, 0.6) is 0 Å². The molecule has 5 atom stereocenters. The van der Waals surface area contributed by atoms with Crippen LogP contribution in [-0.2, 0) is 19.1 Å². The van der Waals surface area contributed by atoms with E-state index in [2.05, 4.69) is 0 Å². The van der Waals surface area contributed by atoms with Gasteiger partial charge in [0.25, 0.3) is 0 Å². The fraction of sp³-hybridized carbons (Fsp3) is 0.636. The van der Waals surface area contributed by atoms with Gasteiger partial charge in [-0.15, -0.1) is 0 Å². The Balaban J connectivity index is 2.51. The summed E-state index contributed by atoms with van der Waals surface area (Å²) in [5, 5.41) is 29.0. The zero-order valence-corrected chi connectivity index (χ0v) is 9.86. The number of carbonyl (C=O) groups is 2. The van der Waals surface area contributed by atoms with Gasteiger partial charge in [-0.05, 0) is 6.92 Å². The number of methoxy groups -OCH3 is 1. The number of hydrogen-bond donors (Lipinski definition) is 3. The topological polar surface area (TPSA) is 113 Å². The molecule has 0 aromatic heterocycles. The number of ketones is 1. The second kappa shape index (κ2) is 4.04. The van der Waals surface area contributed by atoms with E-state index in [-0.39, 0.29) is 5.57 Å². The average molecular weight is 258 g/mol. The average Bonchev–Trinajstić information content (AvgIpc) is 2.50.